The molecule has 2 heteroatoms. The van der Waals surface area contributed by atoms with Crippen LogP contribution < -0.4 is 0 Å². The van der Waals surface area contributed by atoms with Gasteiger partial charge in [0, 0.05) is 6.54 Å². The van der Waals surface area contributed by atoms with E-state index in [0.717, 1.165) is 25.8 Å². The molecule has 27 heavy (non-hydrogen) atoms. The van der Waals surface area contributed by atoms with E-state index in [-0.39, 0.29) is 10.8 Å². The fourth-order valence-corrected chi connectivity index (χ4v) is 5.88. The minimum absolute atomic E-state index is 0.199. The highest BCUT2D eigenvalue weighted by Crippen LogP contribution is 2.53. The summed E-state index contributed by atoms with van der Waals surface area (Å²) in [7, 11) is 2.26. The fourth-order valence-electron chi connectivity index (χ4n) is 5.88. The summed E-state index contributed by atoms with van der Waals surface area (Å²) < 4.78 is 6.15. The number of hydrogen-bond donors (Lipinski definition) is 0. The molecule has 0 bridgehead atoms. The molecule has 0 aromatic heterocycles. The molecular formula is C25H49NO. The third kappa shape index (κ3) is 6.20. The lowest BCUT2D eigenvalue weighted by Crippen LogP contribution is -2.46. The Labute approximate surface area is 170 Å². The van der Waals surface area contributed by atoms with Gasteiger partial charge in [-0.05, 0) is 60.3 Å². The highest BCUT2D eigenvalue weighted by atomic mass is 16.5. The molecule has 0 aromatic carbocycles. The molecule has 0 spiro atoms. The molecule has 160 valence electrons. The van der Waals surface area contributed by atoms with E-state index in [1.54, 1.807) is 0 Å². The molecule has 2 aliphatic rings. The second-order valence-corrected chi connectivity index (χ2v) is 12.5. The van der Waals surface area contributed by atoms with Gasteiger partial charge in [0.05, 0.1) is 13.3 Å². The SMILES string of the molecule is CN1COCC(C)(C)C(C)(C)CC(C)(C2CCCCCCCC(C)(C)C2)C1. The monoisotopic (exact) mass is 379 g/mol. The van der Waals surface area contributed by atoms with Crippen LogP contribution in [0, 0.1) is 27.6 Å². The van der Waals surface area contributed by atoms with Crippen LogP contribution in [-0.4, -0.2) is 31.8 Å². The molecule has 2 atom stereocenters. The minimum atomic E-state index is 0.199. The van der Waals surface area contributed by atoms with Gasteiger partial charge in [-0.1, -0.05) is 80.6 Å². The molecule has 1 aliphatic heterocycles. The van der Waals surface area contributed by atoms with Gasteiger partial charge in [0.2, 0.25) is 0 Å². The van der Waals surface area contributed by atoms with Crippen LogP contribution in [0.3, 0.4) is 0 Å². The summed E-state index contributed by atoms with van der Waals surface area (Å²) in [6, 6.07) is 0. The Morgan fingerprint density at radius 1 is 0.815 bits per heavy atom. The largest absolute Gasteiger partial charge is 0.366 e. The van der Waals surface area contributed by atoms with Crippen LogP contribution in [0.4, 0.5) is 0 Å². The van der Waals surface area contributed by atoms with Gasteiger partial charge in [0.1, 0.15) is 0 Å². The van der Waals surface area contributed by atoms with Crippen molar-refractivity contribution >= 4 is 0 Å². The van der Waals surface area contributed by atoms with E-state index in [9.17, 15) is 0 Å². The molecular weight excluding hydrogens is 330 g/mol. The quantitative estimate of drug-likeness (QED) is 0.480. The Balaban J connectivity index is 2.34. The van der Waals surface area contributed by atoms with Crippen molar-refractivity contribution in [1.82, 2.24) is 4.90 Å². The molecule has 2 fully saturated rings. The third-order valence-corrected chi connectivity index (χ3v) is 8.27. The van der Waals surface area contributed by atoms with Crippen LogP contribution in [0.1, 0.15) is 106 Å². The predicted octanol–water partition coefficient (Wildman–Crippen LogP) is 7.13. The summed E-state index contributed by atoms with van der Waals surface area (Å²) in [5.41, 5.74) is 1.29. The summed E-state index contributed by atoms with van der Waals surface area (Å²) in [5.74, 6) is 0.807. The van der Waals surface area contributed by atoms with Crippen molar-refractivity contribution in [3.8, 4) is 0 Å². The average Bonchev–Trinajstić information content (AvgIpc) is 2.53. The molecule has 1 saturated heterocycles. The summed E-state index contributed by atoms with van der Waals surface area (Å²) in [6.45, 7) is 20.3. The smallest absolute Gasteiger partial charge is 0.0988 e. The topological polar surface area (TPSA) is 12.5 Å². The van der Waals surface area contributed by atoms with Crippen LogP contribution >= 0.6 is 0 Å². The summed E-state index contributed by atoms with van der Waals surface area (Å²) in [5, 5.41) is 0. The summed E-state index contributed by atoms with van der Waals surface area (Å²) in [6.07, 6.45) is 12.6. The van der Waals surface area contributed by atoms with E-state index in [0.29, 0.717) is 10.8 Å². The zero-order chi connectivity index (χ0) is 20.3. The van der Waals surface area contributed by atoms with Crippen molar-refractivity contribution < 1.29 is 4.74 Å². The fraction of sp³-hybridized carbons (Fsp3) is 1.00. The number of nitrogens with zero attached hydrogens (tertiary/aromatic N) is 1. The Hall–Kier alpha value is -0.0800. The van der Waals surface area contributed by atoms with E-state index in [2.05, 4.69) is 60.4 Å². The van der Waals surface area contributed by atoms with Gasteiger partial charge in [-0.3, -0.25) is 4.90 Å². The molecule has 1 saturated carbocycles. The first kappa shape index (κ1) is 23.2. The van der Waals surface area contributed by atoms with Crippen LogP contribution in [-0.2, 0) is 4.74 Å². The van der Waals surface area contributed by atoms with Crippen molar-refractivity contribution in [3.05, 3.63) is 0 Å². The van der Waals surface area contributed by atoms with E-state index in [4.69, 9.17) is 4.74 Å². The molecule has 2 unspecified atom stereocenters. The van der Waals surface area contributed by atoms with Crippen molar-refractivity contribution in [2.75, 3.05) is 26.9 Å². The average molecular weight is 380 g/mol. The van der Waals surface area contributed by atoms with Gasteiger partial charge in [-0.15, -0.1) is 0 Å². The Kier molecular flexibility index (Phi) is 7.51. The third-order valence-electron chi connectivity index (χ3n) is 8.27. The van der Waals surface area contributed by atoms with Crippen molar-refractivity contribution in [2.24, 2.45) is 27.6 Å². The van der Waals surface area contributed by atoms with E-state index in [1.807, 2.05) is 0 Å². The van der Waals surface area contributed by atoms with Crippen molar-refractivity contribution in [3.63, 3.8) is 0 Å². The van der Waals surface area contributed by atoms with Crippen LogP contribution in [0.15, 0.2) is 0 Å². The zero-order valence-corrected chi connectivity index (χ0v) is 19.9. The molecule has 0 N–H and O–H groups in total. The molecule has 1 aliphatic carbocycles. The van der Waals surface area contributed by atoms with E-state index >= 15 is 0 Å². The predicted molar refractivity (Wildman–Crippen MR) is 118 cm³/mol. The Morgan fingerprint density at radius 2 is 1.44 bits per heavy atom. The second-order valence-electron chi connectivity index (χ2n) is 12.5. The minimum Gasteiger partial charge on any atom is -0.366 e. The number of hydrogen-bond acceptors (Lipinski definition) is 2. The van der Waals surface area contributed by atoms with E-state index in [1.165, 1.54) is 57.8 Å². The van der Waals surface area contributed by atoms with Gasteiger partial charge in [-0.2, -0.15) is 0 Å². The standard InChI is InChI=1S/C25H49NO/c1-22(2)15-13-11-9-10-12-14-21(16-22)25(7)17-23(3,4)24(5,6)19-27-20-26(8)18-25/h21H,9-20H2,1-8H3. The maximum absolute atomic E-state index is 6.15. The molecule has 1 heterocycles. The van der Waals surface area contributed by atoms with Crippen LogP contribution in [0.5, 0.6) is 0 Å². The first-order valence-corrected chi connectivity index (χ1v) is 11.6. The molecule has 2 rings (SSSR count). The molecule has 0 radical (unpaired) electrons. The maximum Gasteiger partial charge on any atom is 0.0988 e. The highest BCUT2D eigenvalue weighted by molar-refractivity contribution is 4.97. The lowest BCUT2D eigenvalue weighted by atomic mass is 9.56. The maximum atomic E-state index is 6.15. The summed E-state index contributed by atoms with van der Waals surface area (Å²) >= 11 is 0. The number of rotatable bonds is 1. The first-order chi connectivity index (χ1) is 12.4. The van der Waals surface area contributed by atoms with Gasteiger partial charge in [-0.25, -0.2) is 0 Å². The number of ether oxygens (including phenoxy) is 1. The lowest BCUT2D eigenvalue weighted by Gasteiger charge is -2.50. The Bertz CT molecular complexity index is 467. The van der Waals surface area contributed by atoms with Gasteiger partial charge in [0.15, 0.2) is 0 Å². The van der Waals surface area contributed by atoms with Gasteiger partial charge < -0.3 is 4.74 Å². The summed E-state index contributed by atoms with van der Waals surface area (Å²) in [4.78, 5) is 2.45. The van der Waals surface area contributed by atoms with Crippen LogP contribution in [0.2, 0.25) is 0 Å². The normalized spacial score (nSPS) is 36.2. The van der Waals surface area contributed by atoms with Gasteiger partial charge in [0.25, 0.3) is 0 Å². The van der Waals surface area contributed by atoms with E-state index < -0.39 is 0 Å². The first-order valence-electron chi connectivity index (χ1n) is 11.6. The molecule has 0 amide bonds. The zero-order valence-electron chi connectivity index (χ0n) is 19.9. The van der Waals surface area contributed by atoms with Crippen molar-refractivity contribution in [1.29, 1.82) is 0 Å². The molecule has 0 aromatic rings. The van der Waals surface area contributed by atoms with Crippen LogP contribution in [0.25, 0.3) is 0 Å². The van der Waals surface area contributed by atoms with Gasteiger partial charge >= 0.3 is 0 Å². The molecule has 2 nitrogen and oxygen atoms in total. The Morgan fingerprint density at radius 3 is 2.15 bits per heavy atom. The second kappa shape index (κ2) is 8.74. The lowest BCUT2D eigenvalue weighted by molar-refractivity contribution is -0.0357. The van der Waals surface area contributed by atoms with Crippen molar-refractivity contribution in [2.45, 2.75) is 106 Å². The highest BCUT2D eigenvalue weighted by Gasteiger charge is 2.47.